The van der Waals surface area contributed by atoms with E-state index in [9.17, 15) is 9.59 Å². The SMILES string of the molecule is CNc1cc(N2CCc3c(C=O)cccc32)nn2c(C(=O)N[C@@H]3CC[C@H]3OC)cnc12. The van der Waals surface area contributed by atoms with E-state index in [2.05, 4.69) is 20.5 Å². The van der Waals surface area contributed by atoms with Crippen molar-refractivity contribution >= 4 is 35.0 Å². The Bertz CT molecular complexity index is 1170. The third-order valence-electron chi connectivity index (χ3n) is 6.25. The molecular weight excluding hydrogens is 396 g/mol. The molecule has 0 bridgehead atoms. The van der Waals surface area contributed by atoms with Crippen LogP contribution in [0, 0.1) is 0 Å². The number of benzene rings is 1. The Hall–Kier alpha value is -3.46. The molecule has 1 aliphatic heterocycles. The molecular formula is C22H24N6O3. The molecule has 0 radical (unpaired) electrons. The van der Waals surface area contributed by atoms with Gasteiger partial charge in [0, 0.05) is 38.0 Å². The molecule has 2 aromatic heterocycles. The molecule has 3 heterocycles. The maximum Gasteiger partial charge on any atom is 0.271 e. The van der Waals surface area contributed by atoms with Crippen LogP contribution in [0.15, 0.2) is 30.5 Å². The first-order chi connectivity index (χ1) is 15.1. The van der Waals surface area contributed by atoms with Crippen LogP contribution in [0.3, 0.4) is 0 Å². The molecule has 9 heteroatoms. The molecule has 2 aliphatic rings. The Balaban J connectivity index is 1.54. The normalized spacial score (nSPS) is 19.7. The number of ether oxygens (including phenoxy) is 1. The number of nitrogens with zero attached hydrogens (tertiary/aromatic N) is 4. The zero-order valence-corrected chi connectivity index (χ0v) is 17.5. The predicted molar refractivity (Wildman–Crippen MR) is 116 cm³/mol. The van der Waals surface area contributed by atoms with E-state index in [-0.39, 0.29) is 18.1 Å². The number of amides is 1. The van der Waals surface area contributed by atoms with Crippen LogP contribution in [0.5, 0.6) is 0 Å². The van der Waals surface area contributed by atoms with Gasteiger partial charge in [0.05, 0.1) is 24.0 Å². The van der Waals surface area contributed by atoms with Crippen molar-refractivity contribution in [1.82, 2.24) is 19.9 Å². The Kier molecular flexibility index (Phi) is 4.82. The number of fused-ring (bicyclic) bond motifs is 2. The van der Waals surface area contributed by atoms with Gasteiger partial charge in [0.1, 0.15) is 6.29 Å². The van der Waals surface area contributed by atoms with Gasteiger partial charge in [-0.15, -0.1) is 5.10 Å². The second-order valence-electron chi connectivity index (χ2n) is 7.84. The molecule has 1 aromatic carbocycles. The molecule has 9 nitrogen and oxygen atoms in total. The minimum atomic E-state index is -0.226. The average molecular weight is 420 g/mol. The zero-order chi connectivity index (χ0) is 21.5. The number of rotatable bonds is 6. The topological polar surface area (TPSA) is 101 Å². The van der Waals surface area contributed by atoms with E-state index in [1.807, 2.05) is 31.3 Å². The molecule has 2 atom stereocenters. The molecule has 0 saturated heterocycles. The number of methoxy groups -OCH3 is 1. The number of nitrogens with one attached hydrogen (secondary N) is 2. The van der Waals surface area contributed by atoms with Crippen LogP contribution in [-0.4, -0.2) is 59.6 Å². The Morgan fingerprint density at radius 2 is 2.19 bits per heavy atom. The highest BCUT2D eigenvalue weighted by Gasteiger charge is 2.33. The molecule has 1 aliphatic carbocycles. The fraction of sp³-hybridized carbons (Fsp3) is 0.364. The molecule has 31 heavy (non-hydrogen) atoms. The lowest BCUT2D eigenvalue weighted by molar-refractivity contribution is 0.00718. The summed E-state index contributed by atoms with van der Waals surface area (Å²) < 4.78 is 6.97. The number of aldehydes is 1. The quantitative estimate of drug-likeness (QED) is 0.590. The van der Waals surface area contributed by atoms with Crippen molar-refractivity contribution in [3.63, 3.8) is 0 Å². The maximum absolute atomic E-state index is 13.0. The van der Waals surface area contributed by atoms with Crippen molar-refractivity contribution in [2.75, 3.05) is 30.9 Å². The standard InChI is InChI=1S/C22H24N6O3/c1-23-16-10-20(27-9-8-14-13(12-29)4-3-5-17(14)27)26-28-18(11-24-21(16)28)22(30)25-15-6-7-19(15)31-2/h3-5,10-12,15,19,23H,6-9H2,1-2H3,(H,25,30)/t15-,19-/m1/s1. The summed E-state index contributed by atoms with van der Waals surface area (Å²) in [5.41, 5.74) is 4.39. The smallest absolute Gasteiger partial charge is 0.271 e. The van der Waals surface area contributed by atoms with Crippen LogP contribution in [0.2, 0.25) is 0 Å². The highest BCUT2D eigenvalue weighted by molar-refractivity contribution is 5.94. The lowest BCUT2D eigenvalue weighted by atomic mass is 9.89. The van der Waals surface area contributed by atoms with Gasteiger partial charge in [0.25, 0.3) is 5.91 Å². The Labute approximate surface area is 179 Å². The van der Waals surface area contributed by atoms with Crippen molar-refractivity contribution in [1.29, 1.82) is 0 Å². The first kappa shape index (κ1) is 19.5. The van der Waals surface area contributed by atoms with E-state index in [1.165, 1.54) is 0 Å². The van der Waals surface area contributed by atoms with Crippen LogP contribution in [0.1, 0.15) is 39.3 Å². The van der Waals surface area contributed by atoms with Crippen LogP contribution < -0.4 is 15.5 Å². The molecule has 1 saturated carbocycles. The second-order valence-corrected chi connectivity index (χ2v) is 7.84. The summed E-state index contributed by atoms with van der Waals surface area (Å²) in [6.07, 6.45) is 5.08. The van der Waals surface area contributed by atoms with Crippen LogP contribution >= 0.6 is 0 Å². The summed E-state index contributed by atoms with van der Waals surface area (Å²) >= 11 is 0. The third-order valence-corrected chi connectivity index (χ3v) is 6.25. The van der Waals surface area contributed by atoms with Gasteiger partial charge in [0.2, 0.25) is 0 Å². The second kappa shape index (κ2) is 7.66. The first-order valence-corrected chi connectivity index (χ1v) is 10.4. The summed E-state index contributed by atoms with van der Waals surface area (Å²) in [7, 11) is 3.47. The van der Waals surface area contributed by atoms with E-state index in [0.29, 0.717) is 29.3 Å². The Morgan fingerprint density at radius 3 is 2.90 bits per heavy atom. The van der Waals surface area contributed by atoms with Crippen LogP contribution in [-0.2, 0) is 11.2 Å². The first-order valence-electron chi connectivity index (χ1n) is 10.4. The van der Waals surface area contributed by atoms with E-state index in [0.717, 1.165) is 42.5 Å². The van der Waals surface area contributed by atoms with Gasteiger partial charge in [-0.25, -0.2) is 9.50 Å². The number of hydrogen-bond acceptors (Lipinski definition) is 7. The lowest BCUT2D eigenvalue weighted by Gasteiger charge is -2.35. The van der Waals surface area contributed by atoms with Crippen molar-refractivity contribution in [3.8, 4) is 0 Å². The molecule has 0 unspecified atom stereocenters. The minimum Gasteiger partial charge on any atom is -0.385 e. The van der Waals surface area contributed by atoms with E-state index in [4.69, 9.17) is 9.84 Å². The van der Waals surface area contributed by atoms with Gasteiger partial charge in [-0.2, -0.15) is 0 Å². The van der Waals surface area contributed by atoms with Crippen molar-refractivity contribution in [3.05, 3.63) is 47.3 Å². The summed E-state index contributed by atoms with van der Waals surface area (Å²) in [5, 5.41) is 10.9. The van der Waals surface area contributed by atoms with Gasteiger partial charge >= 0.3 is 0 Å². The predicted octanol–water partition coefficient (Wildman–Crippen LogP) is 2.18. The van der Waals surface area contributed by atoms with Crippen molar-refractivity contribution in [2.45, 2.75) is 31.4 Å². The van der Waals surface area contributed by atoms with Gasteiger partial charge < -0.3 is 20.3 Å². The molecule has 5 rings (SSSR count). The maximum atomic E-state index is 13.0. The molecule has 1 amide bonds. The van der Waals surface area contributed by atoms with Gasteiger partial charge in [-0.3, -0.25) is 9.59 Å². The molecule has 3 aromatic rings. The number of aromatic nitrogens is 3. The van der Waals surface area contributed by atoms with E-state index >= 15 is 0 Å². The highest BCUT2D eigenvalue weighted by atomic mass is 16.5. The number of imidazole rings is 1. The summed E-state index contributed by atoms with van der Waals surface area (Å²) in [6.45, 7) is 0.704. The Morgan fingerprint density at radius 1 is 1.32 bits per heavy atom. The minimum absolute atomic E-state index is 0.00206. The largest absolute Gasteiger partial charge is 0.385 e. The summed E-state index contributed by atoms with van der Waals surface area (Å²) in [6, 6.07) is 7.61. The van der Waals surface area contributed by atoms with Crippen molar-refractivity contribution < 1.29 is 14.3 Å². The average Bonchev–Trinajstić information content (AvgIpc) is 3.40. The van der Waals surface area contributed by atoms with Gasteiger partial charge in [0.15, 0.2) is 17.2 Å². The lowest BCUT2D eigenvalue weighted by Crippen LogP contribution is -2.51. The summed E-state index contributed by atoms with van der Waals surface area (Å²) in [5.74, 6) is 0.458. The van der Waals surface area contributed by atoms with E-state index < -0.39 is 0 Å². The third kappa shape index (κ3) is 3.12. The fourth-order valence-electron chi connectivity index (χ4n) is 4.39. The molecule has 0 spiro atoms. The highest BCUT2D eigenvalue weighted by Crippen LogP contribution is 2.36. The summed E-state index contributed by atoms with van der Waals surface area (Å²) in [4.78, 5) is 30.9. The van der Waals surface area contributed by atoms with Gasteiger partial charge in [-0.05, 0) is 30.9 Å². The van der Waals surface area contributed by atoms with Crippen molar-refractivity contribution in [2.24, 2.45) is 0 Å². The number of carbonyl (C=O) groups is 2. The number of carbonyl (C=O) groups excluding carboxylic acids is 2. The number of anilines is 3. The molecule has 2 N–H and O–H groups in total. The van der Waals surface area contributed by atoms with Gasteiger partial charge in [-0.1, -0.05) is 12.1 Å². The molecule has 1 fully saturated rings. The zero-order valence-electron chi connectivity index (χ0n) is 17.5. The van der Waals surface area contributed by atoms with Crippen LogP contribution in [0.25, 0.3) is 5.65 Å². The monoisotopic (exact) mass is 420 g/mol. The molecule has 160 valence electrons. The van der Waals surface area contributed by atoms with Crippen LogP contribution in [0.4, 0.5) is 17.2 Å². The fourth-order valence-corrected chi connectivity index (χ4v) is 4.39. The van der Waals surface area contributed by atoms with E-state index in [1.54, 1.807) is 17.8 Å². The number of hydrogen-bond donors (Lipinski definition) is 2.